The highest BCUT2D eigenvalue weighted by Gasteiger charge is 2.07. The fourth-order valence-electron chi connectivity index (χ4n) is 3.54. The van der Waals surface area contributed by atoms with Crippen molar-refractivity contribution in [1.82, 2.24) is 4.98 Å². The summed E-state index contributed by atoms with van der Waals surface area (Å²) >= 11 is 0. The molecule has 0 amide bonds. The number of aromatic nitrogens is 1. The third-order valence-corrected chi connectivity index (χ3v) is 5.26. The van der Waals surface area contributed by atoms with E-state index in [0.29, 0.717) is 6.61 Å². The standard InChI is InChI=1S/C27H38N2O3/c1-5-6-16-31-26-18-22(2)27(23(3)19-26)32-17-12-10-8-7-9-11-13-24-14-15-25(28-20-24)21-29-30-4/h5-6,14-15,18-21H,7-13,16-17H2,1-4H3/b6-5+,29-21+. The first-order valence-electron chi connectivity index (χ1n) is 11.6. The van der Waals surface area contributed by atoms with E-state index in [4.69, 9.17) is 9.47 Å². The van der Waals surface area contributed by atoms with Crippen LogP contribution in [0.5, 0.6) is 11.5 Å². The van der Waals surface area contributed by atoms with Crippen LogP contribution in [0.4, 0.5) is 0 Å². The van der Waals surface area contributed by atoms with Crippen molar-refractivity contribution in [3.63, 3.8) is 0 Å². The SMILES string of the molecule is C/C=C/COc1cc(C)c(OCCCCCCCCc2ccc(/C=N/OC)nc2)c(C)c1. The molecular weight excluding hydrogens is 400 g/mol. The highest BCUT2D eigenvalue weighted by Crippen LogP contribution is 2.28. The van der Waals surface area contributed by atoms with Crippen LogP contribution >= 0.6 is 0 Å². The van der Waals surface area contributed by atoms with Gasteiger partial charge in [-0.25, -0.2) is 0 Å². The second-order valence-corrected chi connectivity index (χ2v) is 7.99. The third kappa shape index (κ3) is 9.54. The van der Waals surface area contributed by atoms with Crippen molar-refractivity contribution in [2.24, 2.45) is 5.16 Å². The molecular formula is C27H38N2O3. The molecule has 2 aromatic rings. The molecule has 0 aliphatic carbocycles. The lowest BCUT2D eigenvalue weighted by Gasteiger charge is -2.14. The molecule has 0 fully saturated rings. The molecule has 0 N–H and O–H groups in total. The number of nitrogens with zero attached hydrogens (tertiary/aromatic N) is 2. The number of pyridine rings is 1. The molecule has 0 aliphatic heterocycles. The molecule has 174 valence electrons. The zero-order chi connectivity index (χ0) is 23.0. The van der Waals surface area contributed by atoms with Gasteiger partial charge in [-0.15, -0.1) is 0 Å². The Bertz CT molecular complexity index is 821. The van der Waals surface area contributed by atoms with Crippen molar-refractivity contribution in [3.05, 3.63) is 65.0 Å². The smallest absolute Gasteiger partial charge is 0.125 e. The second kappa shape index (κ2) is 15.1. The maximum atomic E-state index is 6.07. The van der Waals surface area contributed by atoms with Gasteiger partial charge in [0.25, 0.3) is 0 Å². The highest BCUT2D eigenvalue weighted by atomic mass is 16.6. The molecule has 1 heterocycles. The summed E-state index contributed by atoms with van der Waals surface area (Å²) in [7, 11) is 1.53. The molecule has 32 heavy (non-hydrogen) atoms. The van der Waals surface area contributed by atoms with E-state index in [-0.39, 0.29) is 0 Å². The minimum atomic E-state index is 0.600. The average molecular weight is 439 g/mol. The van der Waals surface area contributed by atoms with E-state index >= 15 is 0 Å². The van der Waals surface area contributed by atoms with Gasteiger partial charge in [0.1, 0.15) is 25.2 Å². The molecule has 0 saturated heterocycles. The van der Waals surface area contributed by atoms with Gasteiger partial charge in [0.2, 0.25) is 0 Å². The summed E-state index contributed by atoms with van der Waals surface area (Å²) < 4.78 is 11.8. The van der Waals surface area contributed by atoms with Crippen LogP contribution in [-0.2, 0) is 11.3 Å². The number of aryl methyl sites for hydroxylation is 3. The number of hydrogen-bond acceptors (Lipinski definition) is 5. The number of rotatable bonds is 15. The molecule has 5 heteroatoms. The normalized spacial score (nSPS) is 11.4. The number of allylic oxidation sites excluding steroid dienone is 1. The lowest BCUT2D eigenvalue weighted by molar-refractivity contribution is 0.215. The summed E-state index contributed by atoms with van der Waals surface area (Å²) in [5.74, 6) is 1.90. The van der Waals surface area contributed by atoms with E-state index in [1.165, 1.54) is 44.8 Å². The van der Waals surface area contributed by atoms with Gasteiger partial charge in [-0.1, -0.05) is 49.1 Å². The molecule has 2 rings (SSSR count). The Morgan fingerprint density at radius 2 is 1.66 bits per heavy atom. The maximum absolute atomic E-state index is 6.07. The second-order valence-electron chi connectivity index (χ2n) is 7.99. The van der Waals surface area contributed by atoms with Crippen molar-refractivity contribution < 1.29 is 14.3 Å². The Labute approximate surface area is 193 Å². The third-order valence-electron chi connectivity index (χ3n) is 5.26. The highest BCUT2D eigenvalue weighted by molar-refractivity contribution is 5.76. The molecule has 1 aromatic heterocycles. The van der Waals surface area contributed by atoms with Crippen LogP contribution in [0.1, 0.15) is 67.8 Å². The molecule has 0 radical (unpaired) electrons. The van der Waals surface area contributed by atoms with E-state index in [2.05, 4.69) is 47.0 Å². The van der Waals surface area contributed by atoms with E-state index in [9.17, 15) is 0 Å². The molecule has 0 unspecified atom stereocenters. The van der Waals surface area contributed by atoms with Gasteiger partial charge in [-0.3, -0.25) is 4.98 Å². The summed E-state index contributed by atoms with van der Waals surface area (Å²) in [4.78, 5) is 9.04. The van der Waals surface area contributed by atoms with Crippen LogP contribution in [0.25, 0.3) is 0 Å². The first-order chi connectivity index (χ1) is 15.6. The molecule has 0 atom stereocenters. The van der Waals surface area contributed by atoms with Gasteiger partial charge < -0.3 is 14.3 Å². The summed E-state index contributed by atoms with van der Waals surface area (Å²) in [6.45, 7) is 7.53. The van der Waals surface area contributed by atoms with Crippen LogP contribution in [0.15, 0.2) is 47.8 Å². The minimum Gasteiger partial charge on any atom is -0.493 e. The van der Waals surface area contributed by atoms with Crippen LogP contribution in [0, 0.1) is 13.8 Å². The lowest BCUT2D eigenvalue weighted by atomic mass is 10.1. The Morgan fingerprint density at radius 1 is 0.938 bits per heavy atom. The van der Waals surface area contributed by atoms with Crippen molar-refractivity contribution in [3.8, 4) is 11.5 Å². The predicted octanol–water partition coefficient (Wildman–Crippen LogP) is 6.60. The Hall–Kier alpha value is -2.82. The average Bonchev–Trinajstić information content (AvgIpc) is 2.79. The van der Waals surface area contributed by atoms with Crippen LogP contribution in [-0.4, -0.2) is 31.5 Å². The summed E-state index contributed by atoms with van der Waals surface area (Å²) in [6.07, 6.45) is 15.9. The number of ether oxygens (including phenoxy) is 2. The van der Waals surface area contributed by atoms with Crippen LogP contribution in [0.3, 0.4) is 0 Å². The minimum absolute atomic E-state index is 0.600. The Balaban J connectivity index is 1.56. The van der Waals surface area contributed by atoms with Crippen molar-refractivity contribution >= 4 is 6.21 Å². The van der Waals surface area contributed by atoms with Gasteiger partial charge in [0, 0.05) is 6.20 Å². The van der Waals surface area contributed by atoms with Gasteiger partial charge in [-0.05, 0) is 74.9 Å². The van der Waals surface area contributed by atoms with Gasteiger partial charge in [0.15, 0.2) is 0 Å². The predicted molar refractivity (Wildman–Crippen MR) is 132 cm³/mol. The van der Waals surface area contributed by atoms with Crippen LogP contribution < -0.4 is 9.47 Å². The van der Waals surface area contributed by atoms with Gasteiger partial charge >= 0.3 is 0 Å². The number of unbranched alkanes of at least 4 members (excludes halogenated alkanes) is 5. The number of oxime groups is 1. The first-order valence-corrected chi connectivity index (χ1v) is 11.6. The van der Waals surface area contributed by atoms with Gasteiger partial charge in [-0.2, -0.15) is 0 Å². The Morgan fingerprint density at radius 3 is 2.31 bits per heavy atom. The van der Waals surface area contributed by atoms with E-state index in [0.717, 1.165) is 47.8 Å². The molecule has 0 bridgehead atoms. The lowest BCUT2D eigenvalue weighted by Crippen LogP contribution is -2.02. The molecule has 0 aliphatic rings. The Kier molecular flexibility index (Phi) is 12.0. The fourth-order valence-corrected chi connectivity index (χ4v) is 3.54. The zero-order valence-electron chi connectivity index (χ0n) is 20.1. The van der Waals surface area contributed by atoms with E-state index < -0.39 is 0 Å². The van der Waals surface area contributed by atoms with Crippen LogP contribution in [0.2, 0.25) is 0 Å². The molecule has 0 spiro atoms. The summed E-state index contributed by atoms with van der Waals surface area (Å²) in [5.41, 5.74) is 4.36. The number of benzene rings is 1. The topological polar surface area (TPSA) is 52.9 Å². The summed E-state index contributed by atoms with van der Waals surface area (Å²) in [5, 5.41) is 3.73. The molecule has 1 aromatic carbocycles. The largest absolute Gasteiger partial charge is 0.493 e. The van der Waals surface area contributed by atoms with E-state index in [1.54, 1.807) is 6.21 Å². The molecule has 0 saturated carbocycles. The quantitative estimate of drug-likeness (QED) is 0.136. The van der Waals surface area contributed by atoms with Crippen molar-refractivity contribution in [1.29, 1.82) is 0 Å². The van der Waals surface area contributed by atoms with E-state index in [1.807, 2.05) is 31.3 Å². The van der Waals surface area contributed by atoms with Crippen molar-refractivity contribution in [2.75, 3.05) is 20.3 Å². The summed E-state index contributed by atoms with van der Waals surface area (Å²) in [6, 6.07) is 8.21. The number of hydrogen-bond donors (Lipinski definition) is 0. The monoisotopic (exact) mass is 438 g/mol. The first kappa shape index (κ1) is 25.4. The molecule has 5 nitrogen and oxygen atoms in total. The zero-order valence-corrected chi connectivity index (χ0v) is 20.1. The fraction of sp³-hybridized carbons (Fsp3) is 0.481. The van der Waals surface area contributed by atoms with Gasteiger partial charge in [0.05, 0.1) is 18.5 Å². The van der Waals surface area contributed by atoms with Crippen molar-refractivity contribution in [2.45, 2.75) is 65.7 Å². The maximum Gasteiger partial charge on any atom is 0.125 e.